The highest BCUT2D eigenvalue weighted by atomic mass is 16.2. The van der Waals surface area contributed by atoms with Gasteiger partial charge in [-0.05, 0) is 24.3 Å². The summed E-state index contributed by atoms with van der Waals surface area (Å²) < 4.78 is 0. The highest BCUT2D eigenvalue weighted by Gasteiger charge is 2.47. The van der Waals surface area contributed by atoms with Crippen LogP contribution < -0.4 is 5.32 Å². The van der Waals surface area contributed by atoms with E-state index in [1.165, 1.54) is 4.90 Å². The number of carbonyl (C=O) groups excluding carboxylic acids is 3. The molecule has 1 N–H and O–H groups in total. The van der Waals surface area contributed by atoms with Crippen LogP contribution in [-0.2, 0) is 14.4 Å². The molecule has 140 valence electrons. The van der Waals surface area contributed by atoms with E-state index in [2.05, 4.69) is 19.2 Å². The number of rotatable bonds is 6. The summed E-state index contributed by atoms with van der Waals surface area (Å²) in [6.45, 7) is 4.32. The number of amides is 3. The van der Waals surface area contributed by atoms with Gasteiger partial charge in [0.1, 0.15) is 0 Å². The van der Waals surface area contributed by atoms with Crippen LogP contribution in [0.4, 0.5) is 0 Å². The van der Waals surface area contributed by atoms with E-state index < -0.39 is 0 Å². The Labute approximate surface area is 155 Å². The first-order valence-corrected chi connectivity index (χ1v) is 9.68. The lowest BCUT2D eigenvalue weighted by Gasteiger charge is -2.23. The van der Waals surface area contributed by atoms with Gasteiger partial charge < -0.3 is 5.32 Å². The van der Waals surface area contributed by atoms with Crippen LogP contribution in [0.25, 0.3) is 0 Å². The summed E-state index contributed by atoms with van der Waals surface area (Å²) in [5.41, 5.74) is 1.06. The van der Waals surface area contributed by atoms with E-state index >= 15 is 0 Å². The molecule has 1 aliphatic carbocycles. The molecule has 26 heavy (non-hydrogen) atoms. The van der Waals surface area contributed by atoms with Crippen LogP contribution in [0.2, 0.25) is 0 Å². The number of fused-ring (bicyclic) bond motifs is 1. The Balaban J connectivity index is 1.58. The zero-order chi connectivity index (χ0) is 18.7. The van der Waals surface area contributed by atoms with Crippen LogP contribution in [0.5, 0.6) is 0 Å². The molecule has 1 heterocycles. The Kier molecular flexibility index (Phi) is 5.74. The molecule has 0 bridgehead atoms. The normalized spacial score (nSPS) is 23.9. The number of nitrogens with zero attached hydrogens (tertiary/aromatic N) is 1. The third kappa shape index (κ3) is 3.81. The van der Waals surface area contributed by atoms with Gasteiger partial charge in [-0.25, -0.2) is 0 Å². The molecule has 0 spiro atoms. The fourth-order valence-electron chi connectivity index (χ4n) is 4.21. The van der Waals surface area contributed by atoms with Crippen molar-refractivity contribution in [2.45, 2.75) is 52.0 Å². The maximum absolute atomic E-state index is 12.5. The molecule has 1 saturated carbocycles. The van der Waals surface area contributed by atoms with Crippen LogP contribution in [0.3, 0.4) is 0 Å². The Bertz CT molecular complexity index is 647. The fraction of sp³-hybridized carbons (Fsp3) is 0.571. The summed E-state index contributed by atoms with van der Waals surface area (Å²) in [6, 6.07) is 9.80. The zero-order valence-corrected chi connectivity index (χ0v) is 15.6. The molecule has 1 saturated heterocycles. The van der Waals surface area contributed by atoms with Crippen molar-refractivity contribution in [3.8, 4) is 0 Å². The molecule has 0 aromatic heterocycles. The number of hydrogen-bond acceptors (Lipinski definition) is 3. The van der Waals surface area contributed by atoms with Crippen LogP contribution in [0.1, 0.15) is 57.6 Å². The van der Waals surface area contributed by atoms with Crippen LogP contribution in [0.15, 0.2) is 30.3 Å². The van der Waals surface area contributed by atoms with E-state index in [9.17, 15) is 14.4 Å². The first-order valence-electron chi connectivity index (χ1n) is 9.68. The van der Waals surface area contributed by atoms with Gasteiger partial charge in [0.2, 0.25) is 17.7 Å². The predicted molar refractivity (Wildman–Crippen MR) is 98.9 cm³/mol. The standard InChI is InChI=1S/C21H28N2O3/c1-14(2)19(15-8-4-3-5-9-15)22-18(24)12-13-23-20(25)16-10-6-7-11-17(16)21(23)26/h3-5,8-9,14,16-17,19H,6-7,10-13H2,1-2H3,(H,22,24). The second-order valence-electron chi connectivity index (χ2n) is 7.78. The Morgan fingerprint density at radius 1 is 1.08 bits per heavy atom. The van der Waals surface area contributed by atoms with Gasteiger partial charge in [0.05, 0.1) is 17.9 Å². The summed E-state index contributed by atoms with van der Waals surface area (Å²) >= 11 is 0. The van der Waals surface area contributed by atoms with Gasteiger partial charge in [0.15, 0.2) is 0 Å². The lowest BCUT2D eigenvalue weighted by molar-refractivity contribution is -0.140. The second-order valence-corrected chi connectivity index (χ2v) is 7.78. The Morgan fingerprint density at radius 3 is 2.19 bits per heavy atom. The number of carbonyl (C=O) groups is 3. The second kappa shape index (κ2) is 8.02. The topological polar surface area (TPSA) is 66.5 Å². The average molecular weight is 356 g/mol. The Hall–Kier alpha value is -2.17. The van der Waals surface area contributed by atoms with Gasteiger partial charge in [0.25, 0.3) is 0 Å². The maximum Gasteiger partial charge on any atom is 0.233 e. The number of nitrogens with one attached hydrogen (secondary N) is 1. The smallest absolute Gasteiger partial charge is 0.233 e. The van der Waals surface area contributed by atoms with E-state index in [0.29, 0.717) is 0 Å². The lowest BCUT2D eigenvalue weighted by atomic mass is 9.81. The summed E-state index contributed by atoms with van der Waals surface area (Å²) in [7, 11) is 0. The molecule has 1 aromatic rings. The molecular formula is C21H28N2O3. The van der Waals surface area contributed by atoms with Crippen molar-refractivity contribution >= 4 is 17.7 Å². The highest BCUT2D eigenvalue weighted by Crippen LogP contribution is 2.38. The molecule has 2 aliphatic rings. The molecule has 2 fully saturated rings. The van der Waals surface area contributed by atoms with Crippen LogP contribution >= 0.6 is 0 Å². The molecule has 3 unspecified atom stereocenters. The molecule has 3 atom stereocenters. The van der Waals surface area contributed by atoms with Crippen molar-refractivity contribution < 1.29 is 14.4 Å². The van der Waals surface area contributed by atoms with Gasteiger partial charge in [-0.2, -0.15) is 0 Å². The number of benzene rings is 1. The van der Waals surface area contributed by atoms with Crippen molar-refractivity contribution in [3.05, 3.63) is 35.9 Å². The highest BCUT2D eigenvalue weighted by molar-refractivity contribution is 6.05. The number of hydrogen-bond donors (Lipinski definition) is 1. The van der Waals surface area contributed by atoms with E-state index in [-0.39, 0.29) is 54.5 Å². The van der Waals surface area contributed by atoms with Crippen molar-refractivity contribution in [2.24, 2.45) is 17.8 Å². The van der Waals surface area contributed by atoms with E-state index in [0.717, 1.165) is 31.2 Å². The zero-order valence-electron chi connectivity index (χ0n) is 15.6. The molecule has 5 heteroatoms. The Morgan fingerprint density at radius 2 is 1.65 bits per heavy atom. The summed E-state index contributed by atoms with van der Waals surface area (Å²) in [4.78, 5) is 38.8. The van der Waals surface area contributed by atoms with Crippen molar-refractivity contribution in [1.29, 1.82) is 0 Å². The number of imide groups is 1. The minimum Gasteiger partial charge on any atom is -0.349 e. The van der Waals surface area contributed by atoms with Gasteiger partial charge >= 0.3 is 0 Å². The molecule has 0 radical (unpaired) electrons. The van der Waals surface area contributed by atoms with Gasteiger partial charge in [-0.15, -0.1) is 0 Å². The lowest BCUT2D eigenvalue weighted by Crippen LogP contribution is -2.37. The van der Waals surface area contributed by atoms with Crippen molar-refractivity contribution in [2.75, 3.05) is 6.54 Å². The first kappa shape index (κ1) is 18.6. The third-order valence-electron chi connectivity index (χ3n) is 5.64. The molecular weight excluding hydrogens is 328 g/mol. The molecule has 3 amide bonds. The summed E-state index contributed by atoms with van der Waals surface area (Å²) in [5, 5.41) is 3.06. The summed E-state index contributed by atoms with van der Waals surface area (Å²) in [6.07, 6.45) is 3.80. The van der Waals surface area contributed by atoms with E-state index in [1.54, 1.807) is 0 Å². The quantitative estimate of drug-likeness (QED) is 0.797. The molecule has 1 aliphatic heterocycles. The fourth-order valence-corrected chi connectivity index (χ4v) is 4.21. The first-order chi connectivity index (χ1) is 12.5. The van der Waals surface area contributed by atoms with Gasteiger partial charge in [-0.3, -0.25) is 19.3 Å². The van der Waals surface area contributed by atoms with E-state index in [4.69, 9.17) is 0 Å². The minimum atomic E-state index is -0.146. The molecule has 1 aromatic carbocycles. The molecule has 5 nitrogen and oxygen atoms in total. The average Bonchev–Trinajstić information content (AvgIpc) is 2.89. The minimum absolute atomic E-state index is 0.0729. The number of likely N-dealkylation sites (tertiary alicyclic amines) is 1. The third-order valence-corrected chi connectivity index (χ3v) is 5.64. The SMILES string of the molecule is CC(C)C(NC(=O)CCN1C(=O)C2CCCCC2C1=O)c1ccccc1. The summed E-state index contributed by atoms with van der Waals surface area (Å²) in [5.74, 6) is -0.312. The van der Waals surface area contributed by atoms with Crippen molar-refractivity contribution in [3.63, 3.8) is 0 Å². The van der Waals surface area contributed by atoms with Crippen molar-refractivity contribution in [1.82, 2.24) is 10.2 Å². The van der Waals surface area contributed by atoms with Crippen LogP contribution in [-0.4, -0.2) is 29.2 Å². The van der Waals surface area contributed by atoms with E-state index in [1.807, 2.05) is 30.3 Å². The molecule has 3 rings (SSSR count). The monoisotopic (exact) mass is 356 g/mol. The van der Waals surface area contributed by atoms with Gasteiger partial charge in [-0.1, -0.05) is 57.0 Å². The maximum atomic E-state index is 12.5. The van der Waals surface area contributed by atoms with Crippen LogP contribution in [0, 0.1) is 17.8 Å². The van der Waals surface area contributed by atoms with Gasteiger partial charge in [0, 0.05) is 13.0 Å². The largest absolute Gasteiger partial charge is 0.349 e. The predicted octanol–water partition coefficient (Wildman–Crippen LogP) is 3.07.